The summed E-state index contributed by atoms with van der Waals surface area (Å²) in [6, 6.07) is 0. The predicted octanol–water partition coefficient (Wildman–Crippen LogP) is 2.45. The van der Waals surface area contributed by atoms with Crippen molar-refractivity contribution < 1.29 is 37.4 Å². The van der Waals surface area contributed by atoms with Gasteiger partial charge < -0.3 is 20.1 Å². The van der Waals surface area contributed by atoms with Crippen LogP contribution in [-0.2, 0) is 28.7 Å². The highest BCUT2D eigenvalue weighted by molar-refractivity contribution is 6.21. The van der Waals surface area contributed by atoms with Gasteiger partial charge in [-0.3, -0.25) is 19.2 Å². The van der Waals surface area contributed by atoms with Gasteiger partial charge in [-0.05, 0) is 38.5 Å². The highest BCUT2D eigenvalue weighted by Gasteiger charge is 2.60. The van der Waals surface area contributed by atoms with Crippen LogP contribution in [0.5, 0.6) is 0 Å². The molecule has 0 saturated heterocycles. The maximum absolute atomic E-state index is 13.8. The van der Waals surface area contributed by atoms with Crippen molar-refractivity contribution in [3.63, 3.8) is 0 Å². The van der Waals surface area contributed by atoms with E-state index in [-0.39, 0.29) is 63.3 Å². The fourth-order valence-electron chi connectivity index (χ4n) is 5.70. The molecule has 2 N–H and O–H groups in total. The summed E-state index contributed by atoms with van der Waals surface area (Å²) < 4.78 is 38.6. The van der Waals surface area contributed by atoms with E-state index in [2.05, 4.69) is 10.6 Å². The predicted molar refractivity (Wildman–Crippen MR) is 126 cm³/mol. The summed E-state index contributed by atoms with van der Waals surface area (Å²) in [5.41, 5.74) is -2.65. The van der Waals surface area contributed by atoms with Gasteiger partial charge in [0.2, 0.25) is 11.8 Å². The Balaban J connectivity index is 1.25. The van der Waals surface area contributed by atoms with Crippen LogP contribution in [0.2, 0.25) is 0 Å². The number of amides is 2. The Morgan fingerprint density at radius 3 is 1.50 bits per heavy atom. The molecule has 5 rings (SSSR count). The van der Waals surface area contributed by atoms with E-state index in [0.717, 1.165) is 0 Å². The molecule has 0 aromatic carbocycles. The third-order valence-electron chi connectivity index (χ3n) is 7.92. The zero-order chi connectivity index (χ0) is 26.1. The second-order valence-corrected chi connectivity index (χ2v) is 11.6. The fraction of sp³-hybridized carbons (Fsp3) is 0.833. The first-order valence-corrected chi connectivity index (χ1v) is 13.4. The summed E-state index contributed by atoms with van der Waals surface area (Å²) in [4.78, 5) is 51.0. The fourth-order valence-corrected chi connectivity index (χ4v) is 6.16. The van der Waals surface area contributed by atoms with Crippen molar-refractivity contribution in [2.24, 2.45) is 0 Å². The van der Waals surface area contributed by atoms with Crippen molar-refractivity contribution in [2.45, 2.75) is 111 Å². The van der Waals surface area contributed by atoms with Gasteiger partial charge in [-0.2, -0.15) is 0 Å². The van der Waals surface area contributed by atoms with E-state index in [1.807, 2.05) is 0 Å². The van der Waals surface area contributed by atoms with Gasteiger partial charge >= 0.3 is 0 Å². The van der Waals surface area contributed by atoms with Gasteiger partial charge in [0.25, 0.3) is 0 Å². The van der Waals surface area contributed by atoms with E-state index in [9.17, 15) is 28.0 Å². The van der Waals surface area contributed by atoms with Crippen LogP contribution in [0.25, 0.3) is 0 Å². The molecule has 0 aromatic rings. The number of ether oxygens (including phenoxy) is 2. The number of ketones is 2. The second-order valence-electron chi connectivity index (χ2n) is 10.5. The number of carbonyl (C=O) groups excluding carboxylic acids is 4. The smallest absolute Gasteiger partial charge is 0.246 e. The Labute approximate surface area is 218 Å². The molecule has 5 saturated carbocycles. The topological polar surface area (TPSA) is 111 Å². The molecule has 12 heteroatoms. The van der Waals surface area contributed by atoms with Gasteiger partial charge in [0.1, 0.15) is 36.6 Å². The van der Waals surface area contributed by atoms with Gasteiger partial charge in [-0.25, -0.2) is 8.78 Å². The quantitative estimate of drug-likeness (QED) is 0.447. The first-order chi connectivity index (χ1) is 17.0. The third-order valence-corrected chi connectivity index (χ3v) is 8.90. The van der Waals surface area contributed by atoms with E-state index in [1.165, 1.54) is 0 Å². The molecule has 5 fully saturated rings. The molecular weight excluding hydrogens is 521 g/mol. The molecule has 8 unspecified atom stereocenters. The molecule has 0 aliphatic heterocycles. The molecule has 5 aliphatic carbocycles. The molecule has 2 bridgehead atoms. The van der Waals surface area contributed by atoms with Gasteiger partial charge in [0, 0.05) is 25.7 Å². The van der Waals surface area contributed by atoms with Crippen molar-refractivity contribution >= 4 is 46.6 Å². The monoisotopic (exact) mass is 552 g/mol. The Bertz CT molecular complexity index is 827. The number of rotatable bonds is 8. The number of fused-ring (bicyclic) bond motifs is 3. The van der Waals surface area contributed by atoms with Crippen LogP contribution in [0.1, 0.15) is 64.2 Å². The molecule has 8 atom stereocenters. The molecule has 0 aromatic heterocycles. The lowest BCUT2D eigenvalue weighted by Crippen LogP contribution is -2.73. The molecule has 202 valence electrons. The first-order valence-electron chi connectivity index (χ1n) is 12.5. The molecule has 36 heavy (non-hydrogen) atoms. The maximum Gasteiger partial charge on any atom is 0.246 e. The van der Waals surface area contributed by atoms with Crippen LogP contribution in [-0.4, -0.2) is 83.0 Å². The minimum atomic E-state index is -1.33. The lowest BCUT2D eigenvalue weighted by atomic mass is 9.60. The highest BCUT2D eigenvalue weighted by Crippen LogP contribution is 2.43. The summed E-state index contributed by atoms with van der Waals surface area (Å²) in [6.07, 6.45) is -1.12. The molecule has 0 heterocycles. The lowest BCUT2D eigenvalue weighted by Gasteiger charge is -2.50. The summed E-state index contributed by atoms with van der Waals surface area (Å²) in [5, 5.41) is 4.24. The van der Waals surface area contributed by atoms with E-state index >= 15 is 0 Å². The van der Waals surface area contributed by atoms with Crippen molar-refractivity contribution in [1.29, 1.82) is 0 Å². The van der Waals surface area contributed by atoms with Crippen LogP contribution in [0, 0.1) is 0 Å². The third kappa shape index (κ3) is 6.03. The molecule has 0 radical (unpaired) electrons. The van der Waals surface area contributed by atoms with Gasteiger partial charge in [0.15, 0.2) is 11.6 Å². The normalized spacial score (nSPS) is 40.7. The second kappa shape index (κ2) is 11.2. The molecule has 5 aliphatic rings. The first kappa shape index (κ1) is 27.7. The number of carbonyl (C=O) groups is 4. The van der Waals surface area contributed by atoms with E-state index < -0.39 is 58.2 Å². The van der Waals surface area contributed by atoms with Crippen molar-refractivity contribution in [3.8, 4) is 0 Å². The molecule has 8 nitrogen and oxygen atoms in total. The minimum Gasteiger partial charge on any atom is -0.368 e. The summed E-state index contributed by atoms with van der Waals surface area (Å²) in [6.45, 7) is -0.698. The van der Waals surface area contributed by atoms with Crippen LogP contribution in [0.4, 0.5) is 8.78 Å². The summed E-state index contributed by atoms with van der Waals surface area (Å²) >= 11 is 11.7. The number of alkyl halides is 4. The maximum atomic E-state index is 13.8. The largest absolute Gasteiger partial charge is 0.368 e. The average Bonchev–Trinajstić information content (AvgIpc) is 2.82. The Morgan fingerprint density at radius 1 is 0.778 bits per heavy atom. The van der Waals surface area contributed by atoms with E-state index in [0.29, 0.717) is 25.7 Å². The summed E-state index contributed by atoms with van der Waals surface area (Å²) in [5.74, 6) is -1.78. The summed E-state index contributed by atoms with van der Waals surface area (Å²) in [7, 11) is 0. The Kier molecular flexibility index (Phi) is 8.59. The van der Waals surface area contributed by atoms with Crippen molar-refractivity contribution in [1.82, 2.24) is 10.6 Å². The molecule has 0 spiro atoms. The zero-order valence-electron chi connectivity index (χ0n) is 19.9. The Morgan fingerprint density at radius 2 is 1.17 bits per heavy atom. The number of halogens is 4. The average molecular weight is 553 g/mol. The minimum absolute atomic E-state index is 0.109. The Hall–Kier alpha value is -1.36. The number of nitrogens with one attached hydrogen (secondary N) is 2. The van der Waals surface area contributed by atoms with E-state index in [4.69, 9.17) is 32.7 Å². The zero-order valence-corrected chi connectivity index (χ0v) is 21.4. The lowest BCUT2D eigenvalue weighted by molar-refractivity contribution is -0.154. The van der Waals surface area contributed by atoms with Gasteiger partial charge in [0.05, 0.1) is 23.0 Å². The standard InChI is InChI=1S/C24H32Cl2F2N2O6/c25-15-3-1-13(7-17(15)27)35-11-21(33)29-23-5-6-24(10-19(23)31,20(32)9-23)30-22(34)12-36-14-2-4-16(26)18(28)8-14/h13-18H,1-12H2,(H,29,33)(H,30,34). The van der Waals surface area contributed by atoms with Crippen molar-refractivity contribution in [3.05, 3.63) is 0 Å². The van der Waals surface area contributed by atoms with Crippen LogP contribution in [0.15, 0.2) is 0 Å². The van der Waals surface area contributed by atoms with Crippen LogP contribution in [0.3, 0.4) is 0 Å². The number of hydrogen-bond donors (Lipinski definition) is 2. The van der Waals surface area contributed by atoms with Gasteiger partial charge in [-0.15, -0.1) is 23.2 Å². The molecule has 2 amide bonds. The number of hydrogen-bond acceptors (Lipinski definition) is 6. The van der Waals surface area contributed by atoms with Crippen LogP contribution < -0.4 is 10.6 Å². The van der Waals surface area contributed by atoms with Gasteiger partial charge in [-0.1, -0.05) is 0 Å². The van der Waals surface area contributed by atoms with Crippen molar-refractivity contribution in [2.75, 3.05) is 13.2 Å². The molecular formula is C24H32Cl2F2N2O6. The highest BCUT2D eigenvalue weighted by atomic mass is 35.5. The number of Topliss-reactive ketones (excluding diaryl/α,β-unsaturated/α-hetero) is 2. The SMILES string of the molecule is O=C(COC1CCC(Cl)C(F)C1)NC12CCC(NC(=O)COC3CCC(Cl)C(F)C3)(CC1=O)C(=O)C2. The van der Waals surface area contributed by atoms with Crippen LogP contribution >= 0.6 is 23.2 Å². The van der Waals surface area contributed by atoms with E-state index in [1.54, 1.807) is 0 Å².